The standard InChI is InChI=1S/Ce.4NO3/c;4*2-1(3)4/q+3;4*-1. The summed E-state index contributed by atoms with van der Waals surface area (Å²) >= 11 is 0. The monoisotopic (exact) mass is 388 g/mol. The Balaban J connectivity index is -0.0000000369. The van der Waals surface area contributed by atoms with Gasteiger partial charge < -0.3 is 61.3 Å². The van der Waals surface area contributed by atoms with E-state index in [2.05, 4.69) is 0 Å². The van der Waals surface area contributed by atoms with Crippen LogP contribution in [0.1, 0.15) is 0 Å². The number of hydrogen-bond acceptors (Lipinski definition) is 12. The number of hydrogen-bond donors (Lipinski definition) is 0. The zero-order chi connectivity index (χ0) is 14.3. The fourth-order valence-corrected chi connectivity index (χ4v) is 0. The van der Waals surface area contributed by atoms with Gasteiger partial charge in [0.15, 0.2) is 0 Å². The van der Waals surface area contributed by atoms with Crippen molar-refractivity contribution in [2.75, 3.05) is 0 Å². The summed E-state index contributed by atoms with van der Waals surface area (Å²) in [6, 6.07) is 0. The van der Waals surface area contributed by atoms with Crippen molar-refractivity contribution in [3.05, 3.63) is 61.3 Å². The minimum absolute atomic E-state index is 0. The molecule has 0 aliphatic rings. The van der Waals surface area contributed by atoms with Crippen LogP contribution in [-0.2, 0) is 0 Å². The molecule has 0 rings (SSSR count). The van der Waals surface area contributed by atoms with Gasteiger partial charge >= 0.3 is 41.7 Å². The maximum atomic E-state index is 8.25. The van der Waals surface area contributed by atoms with Gasteiger partial charge in [-0.05, 0) is 0 Å². The quantitative estimate of drug-likeness (QED) is 0.358. The van der Waals surface area contributed by atoms with Crippen molar-refractivity contribution >= 4 is 0 Å². The van der Waals surface area contributed by atoms with Crippen LogP contribution in [0.3, 0.4) is 0 Å². The van der Waals surface area contributed by atoms with Crippen LogP contribution in [-0.4, -0.2) is 20.3 Å². The van der Waals surface area contributed by atoms with Gasteiger partial charge in [0.1, 0.15) is 0 Å². The van der Waals surface area contributed by atoms with Crippen molar-refractivity contribution in [3.8, 4) is 0 Å². The third-order valence-corrected chi connectivity index (χ3v) is 0. The molecule has 0 aliphatic carbocycles. The molecule has 0 saturated carbocycles. The third kappa shape index (κ3) is 632. The first kappa shape index (κ1) is 29.5. The molecule has 0 bridgehead atoms. The molecule has 0 aromatic heterocycles. The summed E-state index contributed by atoms with van der Waals surface area (Å²) in [7, 11) is 0. The van der Waals surface area contributed by atoms with E-state index in [4.69, 9.17) is 61.3 Å². The van der Waals surface area contributed by atoms with Crippen LogP contribution < -0.4 is 0 Å². The molecule has 97 valence electrons. The van der Waals surface area contributed by atoms with Crippen LogP contribution in [0, 0.1) is 103 Å². The molecule has 0 aromatic carbocycles. The predicted octanol–water partition coefficient (Wildman–Crippen LogP) is -0.956. The Hall–Kier alpha value is -1.82. The van der Waals surface area contributed by atoms with Crippen LogP contribution in [0.5, 0.6) is 0 Å². The average molecular weight is 388 g/mol. The van der Waals surface area contributed by atoms with Gasteiger partial charge in [-0.1, -0.05) is 0 Å². The first-order valence-corrected chi connectivity index (χ1v) is 2.19. The minimum Gasteiger partial charge on any atom is -0.356 e. The second-order valence-electron chi connectivity index (χ2n) is 0.894. The molecular weight excluding hydrogens is 388 g/mol. The zero-order valence-electron chi connectivity index (χ0n) is 7.19. The summed E-state index contributed by atoms with van der Waals surface area (Å²) in [5.41, 5.74) is 0. The Morgan fingerprint density at radius 1 is 0.412 bits per heavy atom. The van der Waals surface area contributed by atoms with Gasteiger partial charge in [-0.3, -0.25) is 0 Å². The van der Waals surface area contributed by atoms with Crippen molar-refractivity contribution in [2.24, 2.45) is 0 Å². The van der Waals surface area contributed by atoms with Crippen molar-refractivity contribution in [1.29, 1.82) is 0 Å². The van der Waals surface area contributed by atoms with Crippen LogP contribution in [0.25, 0.3) is 0 Å². The van der Waals surface area contributed by atoms with Gasteiger partial charge in [-0.15, -0.1) is 0 Å². The van der Waals surface area contributed by atoms with Crippen LogP contribution >= 0.6 is 0 Å². The second-order valence-corrected chi connectivity index (χ2v) is 0.894. The molecule has 1 radical (unpaired) electrons. The van der Waals surface area contributed by atoms with E-state index < -0.39 is 20.3 Å². The van der Waals surface area contributed by atoms with E-state index in [1.54, 1.807) is 0 Å². The van der Waals surface area contributed by atoms with Crippen molar-refractivity contribution < 1.29 is 62.1 Å². The molecule has 0 aliphatic heterocycles. The Morgan fingerprint density at radius 3 is 0.412 bits per heavy atom. The molecule has 0 saturated heterocycles. The molecule has 0 aromatic rings. The van der Waals surface area contributed by atoms with Gasteiger partial charge in [0.25, 0.3) is 0 Å². The molecule has 16 nitrogen and oxygen atoms in total. The summed E-state index contributed by atoms with van der Waals surface area (Å²) in [6.45, 7) is 0. The van der Waals surface area contributed by atoms with Crippen LogP contribution in [0.15, 0.2) is 0 Å². The average Bonchev–Trinajstić information content (AvgIpc) is 1.76. The molecule has 0 N–H and O–H groups in total. The Bertz CT molecular complexity index is 159. The molecule has 0 fully saturated rings. The van der Waals surface area contributed by atoms with Gasteiger partial charge in [-0.2, -0.15) is 0 Å². The minimum atomic E-state index is -1.75. The normalized spacial score (nSPS) is 5.65. The smallest absolute Gasteiger partial charge is 0.356 e. The van der Waals surface area contributed by atoms with Gasteiger partial charge in [0.05, 0.1) is 20.3 Å². The van der Waals surface area contributed by atoms with Crippen molar-refractivity contribution in [1.82, 2.24) is 0 Å². The van der Waals surface area contributed by atoms with Gasteiger partial charge in [0.2, 0.25) is 0 Å². The van der Waals surface area contributed by atoms with E-state index in [-0.39, 0.29) is 41.7 Å². The summed E-state index contributed by atoms with van der Waals surface area (Å²) < 4.78 is 0. The second kappa shape index (κ2) is 23.8. The molecule has 0 atom stereocenters. The Kier molecular flexibility index (Phi) is 41.2. The SMILES string of the molecule is O=[N+]([O-])[O-].O=[N+]([O-])[O-].O=[N+]([O-])[O-].O=[N+]([O-])[O-].[Ce+3]. The fourth-order valence-electron chi connectivity index (χ4n) is 0. The third-order valence-electron chi connectivity index (χ3n) is 0. The van der Waals surface area contributed by atoms with E-state index in [0.29, 0.717) is 0 Å². The predicted molar refractivity (Wildman–Crippen MR) is 41.4 cm³/mol. The molecule has 0 heterocycles. The fraction of sp³-hybridized carbons (Fsp3) is 0. The summed E-state index contributed by atoms with van der Waals surface area (Å²) in [5.74, 6) is 0. The molecular formula is CeN4O12-. The first-order chi connectivity index (χ1) is 6.93. The summed E-state index contributed by atoms with van der Waals surface area (Å²) in [4.78, 5) is 33.0. The van der Waals surface area contributed by atoms with Gasteiger partial charge in [-0.25, -0.2) is 0 Å². The van der Waals surface area contributed by atoms with Crippen molar-refractivity contribution in [3.63, 3.8) is 0 Å². The first-order valence-electron chi connectivity index (χ1n) is 2.19. The molecule has 17 heteroatoms. The van der Waals surface area contributed by atoms with E-state index in [9.17, 15) is 0 Å². The van der Waals surface area contributed by atoms with Crippen LogP contribution in [0.2, 0.25) is 0 Å². The topological polar surface area (TPSA) is 265 Å². The zero-order valence-corrected chi connectivity index (χ0v) is 10.3. The molecule has 0 spiro atoms. The van der Waals surface area contributed by atoms with E-state index in [1.807, 2.05) is 0 Å². The maximum Gasteiger partial charge on any atom is 3.00 e. The maximum absolute atomic E-state index is 8.25. The number of nitrogens with zero attached hydrogens (tertiary/aromatic N) is 4. The van der Waals surface area contributed by atoms with E-state index in [0.717, 1.165) is 0 Å². The van der Waals surface area contributed by atoms with E-state index in [1.165, 1.54) is 0 Å². The molecule has 0 amide bonds. The Labute approximate surface area is 123 Å². The van der Waals surface area contributed by atoms with Crippen LogP contribution in [0.4, 0.5) is 0 Å². The Morgan fingerprint density at radius 2 is 0.412 bits per heavy atom. The molecule has 0 unspecified atom stereocenters. The number of rotatable bonds is 0. The summed E-state index contributed by atoms with van der Waals surface area (Å²) in [5, 5.41) is 59.0. The summed E-state index contributed by atoms with van der Waals surface area (Å²) in [6.07, 6.45) is 0. The van der Waals surface area contributed by atoms with E-state index >= 15 is 0 Å². The molecule has 17 heavy (non-hydrogen) atoms. The van der Waals surface area contributed by atoms with Crippen molar-refractivity contribution in [2.45, 2.75) is 0 Å². The van der Waals surface area contributed by atoms with Gasteiger partial charge in [0, 0.05) is 0 Å². The largest absolute Gasteiger partial charge is 3.00 e.